The number of anilines is 1. The Morgan fingerprint density at radius 1 is 0.696 bits per heavy atom. The molecule has 0 aliphatic rings. The van der Waals surface area contributed by atoms with Crippen LogP contribution in [0.25, 0.3) is 0 Å². The number of hydrogen-bond acceptors (Lipinski definition) is 10. The highest BCUT2D eigenvalue weighted by Gasteiger charge is 2.13. The molecule has 46 heavy (non-hydrogen) atoms. The van der Waals surface area contributed by atoms with Crippen LogP contribution in [0.15, 0.2) is 97.6 Å². The van der Waals surface area contributed by atoms with E-state index in [1.54, 1.807) is 24.3 Å². The third kappa shape index (κ3) is 12.9. The van der Waals surface area contributed by atoms with Crippen molar-refractivity contribution < 1.29 is 47.7 Å². The number of Topliss-reactive ketones (excluding diaryl/α,β-unsaturated/α-hetero) is 1. The topological polar surface area (TPSA) is 144 Å². The summed E-state index contributed by atoms with van der Waals surface area (Å²) in [5, 5.41) is 2.45. The van der Waals surface area contributed by atoms with Crippen LogP contribution in [0.3, 0.4) is 0 Å². The number of rotatable bonds is 15. The summed E-state index contributed by atoms with van der Waals surface area (Å²) in [4.78, 5) is 59.3. The summed E-state index contributed by atoms with van der Waals surface area (Å²) in [6, 6.07) is 18.3. The molecule has 1 amide bonds. The molecule has 1 N–H and O–H groups in total. The van der Waals surface area contributed by atoms with Crippen molar-refractivity contribution in [2.24, 2.45) is 0 Å². The van der Waals surface area contributed by atoms with E-state index in [1.807, 2.05) is 13.8 Å². The van der Waals surface area contributed by atoms with E-state index in [9.17, 15) is 24.0 Å². The van der Waals surface area contributed by atoms with Crippen LogP contribution in [-0.2, 0) is 19.1 Å². The smallest absolute Gasteiger partial charge is 0.412 e. The average molecular weight is 632 g/mol. The molecular formula is C35H37NO10. The van der Waals surface area contributed by atoms with Gasteiger partial charge in [-0.3, -0.25) is 10.1 Å². The summed E-state index contributed by atoms with van der Waals surface area (Å²) in [7, 11) is 0. The van der Waals surface area contributed by atoms with Crippen molar-refractivity contribution in [1.82, 2.24) is 0 Å². The van der Waals surface area contributed by atoms with Crippen LogP contribution in [-0.4, -0.2) is 49.6 Å². The molecule has 11 heteroatoms. The highest BCUT2D eigenvalue weighted by atomic mass is 16.6. The fourth-order valence-corrected chi connectivity index (χ4v) is 3.32. The van der Waals surface area contributed by atoms with Crippen LogP contribution in [0.1, 0.15) is 54.3 Å². The van der Waals surface area contributed by atoms with Crippen LogP contribution >= 0.6 is 0 Å². The summed E-state index contributed by atoms with van der Waals surface area (Å²) in [6.45, 7) is 12.6. The maximum absolute atomic E-state index is 12.5. The number of carbonyl (C=O) groups excluding carboxylic acids is 5. The molecule has 0 saturated heterocycles. The van der Waals surface area contributed by atoms with E-state index in [0.717, 1.165) is 6.08 Å². The lowest BCUT2D eigenvalue weighted by Crippen LogP contribution is -2.19. The van der Waals surface area contributed by atoms with E-state index < -0.39 is 36.4 Å². The fourth-order valence-electron chi connectivity index (χ4n) is 3.32. The van der Waals surface area contributed by atoms with E-state index in [4.69, 9.17) is 23.7 Å². The zero-order valence-corrected chi connectivity index (χ0v) is 26.0. The number of unbranched alkanes of at least 4 members (excludes halogenated alkanes) is 1. The minimum atomic E-state index is -0.823. The van der Waals surface area contributed by atoms with Gasteiger partial charge in [0.25, 0.3) is 0 Å². The number of amides is 1. The van der Waals surface area contributed by atoms with Crippen molar-refractivity contribution in [3.05, 3.63) is 109 Å². The normalized spacial score (nSPS) is 9.80. The molecule has 0 aliphatic heterocycles. The van der Waals surface area contributed by atoms with Gasteiger partial charge < -0.3 is 23.7 Å². The third-order valence-corrected chi connectivity index (χ3v) is 5.73. The second-order valence-electron chi connectivity index (χ2n) is 9.18. The van der Waals surface area contributed by atoms with E-state index in [-0.39, 0.29) is 29.2 Å². The van der Waals surface area contributed by atoms with Crippen LogP contribution in [0, 0.1) is 0 Å². The summed E-state index contributed by atoms with van der Waals surface area (Å²) in [5.74, 6) is -1.02. The highest BCUT2D eigenvalue weighted by molar-refractivity contribution is 5.97. The molecule has 3 rings (SSSR count). The molecule has 3 aromatic rings. The largest absolute Gasteiger partial charge is 0.494 e. The molecule has 0 fully saturated rings. The number of benzene rings is 3. The lowest BCUT2D eigenvalue weighted by molar-refractivity contribution is -0.137. The Morgan fingerprint density at radius 3 is 1.67 bits per heavy atom. The molecular weight excluding hydrogens is 594 g/mol. The Kier molecular flexibility index (Phi) is 15.5. The van der Waals surface area contributed by atoms with Crippen molar-refractivity contribution in [1.29, 1.82) is 0 Å². The van der Waals surface area contributed by atoms with Crippen molar-refractivity contribution in [2.45, 2.75) is 33.6 Å². The molecule has 3 aromatic carbocycles. The number of carbonyl (C=O) groups is 5. The lowest BCUT2D eigenvalue weighted by atomic mass is 10.2. The molecule has 0 aliphatic carbocycles. The first-order valence-corrected chi connectivity index (χ1v) is 14.4. The molecule has 0 spiro atoms. The third-order valence-electron chi connectivity index (χ3n) is 5.73. The minimum absolute atomic E-state index is 0.221. The molecule has 0 atom stereocenters. The SMILES string of the molecule is C=CC(=O)OCCCCOc1ccc(C(=O)Oc2ccc(OC(=O)c3ccc(NC(=O)OCC(=O)C(=C)C)cc3)cc2)cc1.CC. The number of ketones is 1. The van der Waals surface area contributed by atoms with Gasteiger partial charge in [0.2, 0.25) is 0 Å². The molecule has 0 radical (unpaired) electrons. The Balaban J connectivity index is 0.00000361. The van der Waals surface area contributed by atoms with Gasteiger partial charge in [0.05, 0.1) is 24.3 Å². The Morgan fingerprint density at radius 2 is 1.17 bits per heavy atom. The molecule has 0 saturated carbocycles. The average Bonchev–Trinajstić information content (AvgIpc) is 3.07. The van der Waals surface area contributed by atoms with Crippen molar-refractivity contribution in [3.63, 3.8) is 0 Å². The molecule has 0 unspecified atom stereocenters. The van der Waals surface area contributed by atoms with Crippen molar-refractivity contribution in [3.8, 4) is 17.2 Å². The quantitative estimate of drug-likeness (QED) is 0.0829. The summed E-state index contributed by atoms with van der Waals surface area (Å²) in [6.07, 6.45) is 1.62. The minimum Gasteiger partial charge on any atom is -0.494 e. The number of esters is 3. The van der Waals surface area contributed by atoms with E-state index in [2.05, 4.69) is 18.5 Å². The fraction of sp³-hybridized carbons (Fsp3) is 0.229. The molecule has 242 valence electrons. The first-order valence-electron chi connectivity index (χ1n) is 14.4. The summed E-state index contributed by atoms with van der Waals surface area (Å²) in [5.41, 5.74) is 1.17. The zero-order valence-electron chi connectivity index (χ0n) is 26.0. The van der Waals surface area contributed by atoms with Gasteiger partial charge in [-0.2, -0.15) is 0 Å². The Hall–Kier alpha value is -5.71. The van der Waals surface area contributed by atoms with Crippen LogP contribution < -0.4 is 19.5 Å². The molecule has 0 heterocycles. The second kappa shape index (κ2) is 19.5. The lowest BCUT2D eigenvalue weighted by Gasteiger charge is -2.09. The standard InChI is InChI=1S/C33H31NO10.C2H6/c1-4-30(36)41-20-6-5-19-40-26-13-9-24(10-14-26)32(38)44-28-17-15-27(16-18-28)43-31(37)23-7-11-25(12-8-23)34-33(39)42-21-29(35)22(2)3;1-2/h4,7-18H,1-2,5-6,19-21H2,3H3,(H,34,39);1-2H3. The first kappa shape index (κ1) is 36.5. The predicted octanol–water partition coefficient (Wildman–Crippen LogP) is 6.73. The maximum atomic E-state index is 12.5. The monoisotopic (exact) mass is 631 g/mol. The van der Waals surface area contributed by atoms with Crippen LogP contribution in [0.5, 0.6) is 17.2 Å². The molecule has 0 bridgehead atoms. The van der Waals surface area contributed by atoms with Crippen LogP contribution in [0.2, 0.25) is 0 Å². The van der Waals surface area contributed by atoms with Gasteiger partial charge in [0.15, 0.2) is 12.4 Å². The van der Waals surface area contributed by atoms with Gasteiger partial charge in [0, 0.05) is 11.8 Å². The molecule has 11 nitrogen and oxygen atoms in total. The summed E-state index contributed by atoms with van der Waals surface area (Å²) < 4.78 is 26.1. The van der Waals surface area contributed by atoms with Crippen LogP contribution in [0.4, 0.5) is 10.5 Å². The molecule has 0 aromatic heterocycles. The van der Waals surface area contributed by atoms with E-state index in [1.165, 1.54) is 55.5 Å². The van der Waals surface area contributed by atoms with Gasteiger partial charge >= 0.3 is 24.0 Å². The van der Waals surface area contributed by atoms with E-state index in [0.29, 0.717) is 36.4 Å². The van der Waals surface area contributed by atoms with Gasteiger partial charge in [-0.25, -0.2) is 19.2 Å². The Bertz CT molecular complexity index is 1490. The number of nitrogens with one attached hydrogen (secondary N) is 1. The maximum Gasteiger partial charge on any atom is 0.412 e. The number of hydrogen-bond donors (Lipinski definition) is 1. The van der Waals surface area contributed by atoms with Gasteiger partial charge in [-0.05, 0) is 98.1 Å². The number of ether oxygens (including phenoxy) is 5. The van der Waals surface area contributed by atoms with Crippen molar-refractivity contribution in [2.75, 3.05) is 25.1 Å². The van der Waals surface area contributed by atoms with Gasteiger partial charge in [-0.1, -0.05) is 27.0 Å². The van der Waals surface area contributed by atoms with Gasteiger partial charge in [0.1, 0.15) is 17.2 Å². The summed E-state index contributed by atoms with van der Waals surface area (Å²) >= 11 is 0. The Labute approximate surface area is 267 Å². The van der Waals surface area contributed by atoms with E-state index >= 15 is 0 Å². The zero-order chi connectivity index (χ0) is 33.9. The predicted molar refractivity (Wildman–Crippen MR) is 171 cm³/mol. The van der Waals surface area contributed by atoms with Gasteiger partial charge in [-0.15, -0.1) is 0 Å². The first-order chi connectivity index (χ1) is 22.1. The van der Waals surface area contributed by atoms with Crippen molar-refractivity contribution >= 4 is 35.5 Å². The highest BCUT2D eigenvalue weighted by Crippen LogP contribution is 2.21. The second-order valence-corrected chi connectivity index (χ2v) is 9.18.